The van der Waals surface area contributed by atoms with E-state index in [1.165, 1.54) is 19.2 Å². The Morgan fingerprint density at radius 3 is 2.78 bits per heavy atom. The predicted molar refractivity (Wildman–Crippen MR) is 133 cm³/mol. The lowest BCUT2D eigenvalue weighted by atomic mass is 10.1. The fourth-order valence-corrected chi connectivity index (χ4v) is 5.25. The molecule has 190 valence electrons. The Hall–Kier alpha value is -3.70. The number of halogens is 1. The first-order valence-electron chi connectivity index (χ1n) is 11.4. The molecule has 0 saturated carbocycles. The minimum atomic E-state index is -4.23. The number of hydrogen-bond donors (Lipinski definition) is 1. The topological polar surface area (TPSA) is 103 Å². The van der Waals surface area contributed by atoms with E-state index in [0.29, 0.717) is 18.1 Å². The van der Waals surface area contributed by atoms with E-state index in [9.17, 15) is 17.6 Å². The molecule has 0 spiro atoms. The summed E-state index contributed by atoms with van der Waals surface area (Å²) in [5.41, 5.74) is 0.621. The van der Waals surface area contributed by atoms with Crippen molar-refractivity contribution in [2.75, 3.05) is 31.5 Å². The van der Waals surface area contributed by atoms with Crippen molar-refractivity contribution in [1.82, 2.24) is 14.5 Å². The number of sulfonamides is 1. The van der Waals surface area contributed by atoms with Gasteiger partial charge in [-0.15, -0.1) is 0 Å². The molecular weight excluding hydrogens is 487 g/mol. The van der Waals surface area contributed by atoms with Gasteiger partial charge in [0.05, 0.1) is 23.4 Å². The number of aromatic nitrogens is 2. The van der Waals surface area contributed by atoms with Crippen LogP contribution in [0.3, 0.4) is 0 Å². The lowest BCUT2D eigenvalue weighted by molar-refractivity contribution is 0.0596. The van der Waals surface area contributed by atoms with E-state index < -0.39 is 21.8 Å². The van der Waals surface area contributed by atoms with Gasteiger partial charge < -0.3 is 14.4 Å². The lowest BCUT2D eigenvalue weighted by Crippen LogP contribution is -2.22. The van der Waals surface area contributed by atoms with E-state index in [0.717, 1.165) is 25.2 Å². The monoisotopic (exact) mass is 514 g/mol. The number of carbonyl (C=O) groups is 1. The van der Waals surface area contributed by atoms with Gasteiger partial charge in [-0.3, -0.25) is 9.29 Å². The molecule has 0 aliphatic carbocycles. The molecule has 9 nitrogen and oxygen atoms in total. The summed E-state index contributed by atoms with van der Waals surface area (Å²) in [5.74, 6) is -0.526. The van der Waals surface area contributed by atoms with Crippen LogP contribution in [0.2, 0.25) is 0 Å². The van der Waals surface area contributed by atoms with Gasteiger partial charge in [-0.25, -0.2) is 22.6 Å². The Kier molecular flexibility index (Phi) is 7.41. The maximum Gasteiger partial charge on any atom is 0.343 e. The van der Waals surface area contributed by atoms with Crippen molar-refractivity contribution in [2.45, 2.75) is 25.3 Å². The molecule has 0 atom stereocenters. The minimum Gasteiger partial charge on any atom is -0.482 e. The molecule has 4 rings (SSSR count). The van der Waals surface area contributed by atoms with Crippen molar-refractivity contribution in [2.24, 2.45) is 0 Å². The van der Waals surface area contributed by atoms with Gasteiger partial charge in [0.2, 0.25) is 0 Å². The van der Waals surface area contributed by atoms with Gasteiger partial charge in [-0.1, -0.05) is 26.0 Å². The highest BCUT2D eigenvalue weighted by atomic mass is 32.2. The second kappa shape index (κ2) is 10.5. The second-order valence-electron chi connectivity index (χ2n) is 8.01. The fraction of sp³-hybridized carbons (Fsp3) is 0.280. The maximum absolute atomic E-state index is 14.0. The maximum atomic E-state index is 14.0. The molecule has 2 aromatic carbocycles. The predicted octanol–water partition coefficient (Wildman–Crippen LogP) is 3.85. The summed E-state index contributed by atoms with van der Waals surface area (Å²) < 4.78 is 55.8. The van der Waals surface area contributed by atoms with E-state index in [1.807, 2.05) is 13.8 Å². The highest BCUT2D eigenvalue weighted by Gasteiger charge is 2.29. The Morgan fingerprint density at radius 2 is 2.06 bits per heavy atom. The van der Waals surface area contributed by atoms with E-state index in [2.05, 4.69) is 14.6 Å². The van der Waals surface area contributed by atoms with Crippen molar-refractivity contribution < 1.29 is 27.1 Å². The number of imidazole rings is 1. The van der Waals surface area contributed by atoms with Crippen LogP contribution in [0.4, 0.5) is 10.1 Å². The van der Waals surface area contributed by atoms with Crippen molar-refractivity contribution in [1.29, 1.82) is 0 Å². The number of methoxy groups -OCH3 is 1. The summed E-state index contributed by atoms with van der Waals surface area (Å²) in [7, 11) is -3.03. The van der Waals surface area contributed by atoms with Crippen LogP contribution >= 0.6 is 0 Å². The number of ether oxygens (including phenoxy) is 2. The molecule has 0 bridgehead atoms. The SMILES string of the molecule is CCN(CC)C/C=C\c1cc(F)ccc1S(=O)(=O)Nc1ccc2c(c1C(=O)OC)OCc1nccn1-2. The average Bonchev–Trinajstić information content (AvgIpc) is 3.35. The van der Waals surface area contributed by atoms with Crippen LogP contribution in [-0.2, 0) is 21.4 Å². The van der Waals surface area contributed by atoms with Crippen molar-refractivity contribution in [3.63, 3.8) is 0 Å². The smallest absolute Gasteiger partial charge is 0.343 e. The van der Waals surface area contributed by atoms with Gasteiger partial charge >= 0.3 is 5.97 Å². The summed E-state index contributed by atoms with van der Waals surface area (Å²) in [6.07, 6.45) is 6.69. The number of hydrogen-bond acceptors (Lipinski definition) is 7. The lowest BCUT2D eigenvalue weighted by Gasteiger charge is -2.23. The van der Waals surface area contributed by atoms with Crippen LogP contribution in [-0.4, -0.2) is 55.6 Å². The molecule has 1 aliphatic heterocycles. The number of carbonyl (C=O) groups excluding carboxylic acids is 1. The van der Waals surface area contributed by atoms with Gasteiger partial charge in [-0.2, -0.15) is 0 Å². The Balaban J connectivity index is 1.73. The molecule has 1 aromatic heterocycles. The van der Waals surface area contributed by atoms with Crippen molar-refractivity contribution >= 4 is 27.8 Å². The number of likely N-dealkylation sites (N-methyl/N-ethyl adjacent to an activating group) is 1. The third-order valence-electron chi connectivity index (χ3n) is 5.91. The minimum absolute atomic E-state index is 0.0217. The third-order valence-corrected chi connectivity index (χ3v) is 7.35. The first-order chi connectivity index (χ1) is 17.3. The molecule has 0 fully saturated rings. The molecule has 0 saturated heterocycles. The van der Waals surface area contributed by atoms with Crippen molar-refractivity contribution in [3.8, 4) is 11.4 Å². The second-order valence-corrected chi connectivity index (χ2v) is 9.66. The van der Waals surface area contributed by atoms with Crippen LogP contribution in [0.15, 0.2) is 53.7 Å². The van der Waals surface area contributed by atoms with Crippen LogP contribution in [0.5, 0.6) is 5.75 Å². The van der Waals surface area contributed by atoms with Crippen LogP contribution in [0, 0.1) is 5.82 Å². The van der Waals surface area contributed by atoms with E-state index in [-0.39, 0.29) is 34.1 Å². The molecule has 11 heteroatoms. The molecule has 0 unspecified atom stereocenters. The number of anilines is 1. The summed E-state index contributed by atoms with van der Waals surface area (Å²) in [5, 5.41) is 0. The number of fused-ring (bicyclic) bond motifs is 3. The number of benzene rings is 2. The van der Waals surface area contributed by atoms with Gasteiger partial charge in [-0.05, 0) is 49.0 Å². The first-order valence-corrected chi connectivity index (χ1v) is 12.9. The quantitative estimate of drug-likeness (QED) is 0.433. The van der Waals surface area contributed by atoms with Gasteiger partial charge in [0.15, 0.2) is 11.6 Å². The fourth-order valence-electron chi connectivity index (χ4n) is 4.00. The molecule has 3 aromatic rings. The average molecular weight is 515 g/mol. The third kappa shape index (κ3) is 4.98. The van der Waals surface area contributed by atoms with Crippen molar-refractivity contribution in [3.05, 3.63) is 71.6 Å². The number of rotatable bonds is 9. The largest absolute Gasteiger partial charge is 0.482 e. The Morgan fingerprint density at radius 1 is 1.28 bits per heavy atom. The zero-order valence-electron chi connectivity index (χ0n) is 20.2. The van der Waals surface area contributed by atoms with Gasteiger partial charge in [0.1, 0.15) is 18.0 Å². The summed E-state index contributed by atoms with van der Waals surface area (Å²) in [4.78, 5) is 18.9. The molecule has 2 heterocycles. The molecule has 0 radical (unpaired) electrons. The molecular formula is C25H27FN4O5S. The molecule has 36 heavy (non-hydrogen) atoms. The first kappa shape index (κ1) is 25.4. The van der Waals surface area contributed by atoms with Gasteiger partial charge in [0, 0.05) is 18.9 Å². The standard InChI is InChI=1S/C25H27FN4O5S/c1-4-29(5-2)13-6-7-17-15-18(26)8-11-21(17)36(32,33)28-19-9-10-20-24(23(19)25(31)34-3)35-16-22-27-12-14-30(20)22/h6-12,14-15,28H,4-5,13,16H2,1-3H3/b7-6-. The van der Waals surface area contributed by atoms with Crippen LogP contribution < -0.4 is 9.46 Å². The molecule has 0 amide bonds. The van der Waals surface area contributed by atoms with Crippen LogP contribution in [0.1, 0.15) is 35.6 Å². The van der Waals surface area contributed by atoms with E-state index in [1.54, 1.807) is 35.2 Å². The highest BCUT2D eigenvalue weighted by molar-refractivity contribution is 7.92. The highest BCUT2D eigenvalue weighted by Crippen LogP contribution is 2.38. The van der Waals surface area contributed by atoms with Gasteiger partial charge in [0.25, 0.3) is 10.0 Å². The van der Waals surface area contributed by atoms with E-state index >= 15 is 0 Å². The molecule has 1 aliphatic rings. The summed E-state index contributed by atoms with van der Waals surface area (Å²) in [6, 6.07) is 6.51. The Labute approximate surface area is 209 Å². The number of nitrogens with one attached hydrogen (secondary N) is 1. The number of nitrogens with zero attached hydrogens (tertiary/aromatic N) is 3. The Bertz CT molecular complexity index is 1410. The summed E-state index contributed by atoms with van der Waals surface area (Å²) >= 11 is 0. The zero-order chi connectivity index (χ0) is 25.9. The van der Waals surface area contributed by atoms with Crippen LogP contribution in [0.25, 0.3) is 11.8 Å². The summed E-state index contributed by atoms with van der Waals surface area (Å²) in [6.45, 7) is 6.38. The zero-order valence-corrected chi connectivity index (χ0v) is 21.0. The number of esters is 1. The molecule has 1 N–H and O–H groups in total. The van der Waals surface area contributed by atoms with E-state index in [4.69, 9.17) is 9.47 Å². The normalized spacial score (nSPS) is 12.8.